The van der Waals surface area contributed by atoms with E-state index in [1.54, 1.807) is 7.11 Å². The first-order valence-corrected chi connectivity index (χ1v) is 7.86. The maximum absolute atomic E-state index is 13.2. The number of methoxy groups -OCH3 is 1. The summed E-state index contributed by atoms with van der Waals surface area (Å²) >= 11 is 0. The monoisotopic (exact) mass is 306 g/mol. The first kappa shape index (κ1) is 15.4. The highest BCUT2D eigenvalue weighted by Gasteiger charge is 2.48. The van der Waals surface area contributed by atoms with Crippen molar-refractivity contribution in [2.75, 3.05) is 20.9 Å². The van der Waals surface area contributed by atoms with Gasteiger partial charge in [0, 0.05) is 19.2 Å². The van der Waals surface area contributed by atoms with Crippen LogP contribution in [0.1, 0.15) is 30.7 Å². The molecule has 1 aromatic carbocycles. The topological polar surface area (TPSA) is 41.6 Å². The molecular weight excluding hydrogens is 283 g/mol. The Morgan fingerprint density at radius 1 is 1.36 bits per heavy atom. The largest absolute Gasteiger partial charge is 0.364 e. The van der Waals surface area contributed by atoms with Crippen LogP contribution < -0.4 is 5.32 Å². The summed E-state index contributed by atoms with van der Waals surface area (Å²) in [6.45, 7) is 0.228. The number of amides is 1. The average Bonchev–Trinajstić information content (AvgIpc) is 2.75. The molecule has 2 bridgehead atoms. The summed E-state index contributed by atoms with van der Waals surface area (Å²) < 4.78 is 18.2. The van der Waals surface area contributed by atoms with Crippen LogP contribution in [-0.2, 0) is 9.53 Å². The zero-order chi connectivity index (χ0) is 15.7. The van der Waals surface area contributed by atoms with E-state index in [0.29, 0.717) is 6.04 Å². The van der Waals surface area contributed by atoms with Crippen molar-refractivity contribution in [3.05, 3.63) is 35.6 Å². The molecule has 1 amide bonds. The zero-order valence-electron chi connectivity index (χ0n) is 13.1. The van der Waals surface area contributed by atoms with Gasteiger partial charge in [-0.2, -0.15) is 0 Å². The third kappa shape index (κ3) is 2.75. The van der Waals surface area contributed by atoms with Crippen molar-refractivity contribution in [1.82, 2.24) is 10.2 Å². The lowest BCUT2D eigenvalue weighted by Gasteiger charge is -2.42. The van der Waals surface area contributed by atoms with Crippen LogP contribution in [0.15, 0.2) is 24.3 Å². The Balaban J connectivity index is 1.88. The van der Waals surface area contributed by atoms with E-state index in [2.05, 4.69) is 17.3 Å². The third-order valence-corrected chi connectivity index (χ3v) is 5.26. The Labute approximate surface area is 130 Å². The Morgan fingerprint density at radius 3 is 2.77 bits per heavy atom. The second kappa shape index (κ2) is 6.34. The number of ether oxygens (including phenoxy) is 1. The molecule has 22 heavy (non-hydrogen) atoms. The minimum atomic E-state index is -0.236. The normalized spacial score (nSPS) is 31.2. The second-order valence-electron chi connectivity index (χ2n) is 6.36. The van der Waals surface area contributed by atoms with Crippen LogP contribution in [0.5, 0.6) is 0 Å². The molecule has 4 atom stereocenters. The van der Waals surface area contributed by atoms with Gasteiger partial charge in [-0.3, -0.25) is 9.69 Å². The van der Waals surface area contributed by atoms with Gasteiger partial charge >= 0.3 is 0 Å². The fourth-order valence-electron chi connectivity index (χ4n) is 4.14. The van der Waals surface area contributed by atoms with Gasteiger partial charge in [-0.25, -0.2) is 4.39 Å². The Bertz CT molecular complexity index is 534. The molecule has 2 aliphatic rings. The van der Waals surface area contributed by atoms with Crippen LogP contribution in [-0.4, -0.2) is 43.8 Å². The van der Waals surface area contributed by atoms with Crippen molar-refractivity contribution in [2.45, 2.75) is 37.3 Å². The summed E-state index contributed by atoms with van der Waals surface area (Å²) in [6.07, 6.45) is 3.13. The van der Waals surface area contributed by atoms with Crippen LogP contribution in [0, 0.1) is 11.7 Å². The quantitative estimate of drug-likeness (QED) is 0.866. The number of benzene rings is 1. The first-order chi connectivity index (χ1) is 10.6. The number of fused-ring (bicyclic) bond motifs is 2. The average molecular weight is 306 g/mol. The number of rotatable bonds is 4. The van der Waals surface area contributed by atoms with Crippen LogP contribution in [0.4, 0.5) is 4.39 Å². The maximum atomic E-state index is 13.2. The number of hydrogen-bond donors (Lipinski definition) is 1. The molecule has 0 unspecified atom stereocenters. The lowest BCUT2D eigenvalue weighted by Crippen LogP contribution is -2.51. The summed E-state index contributed by atoms with van der Waals surface area (Å²) in [5.41, 5.74) is 1.06. The molecule has 120 valence electrons. The van der Waals surface area contributed by atoms with Crippen molar-refractivity contribution < 1.29 is 13.9 Å². The highest BCUT2D eigenvalue weighted by molar-refractivity contribution is 5.80. The van der Waals surface area contributed by atoms with Crippen molar-refractivity contribution >= 4 is 5.91 Å². The minimum absolute atomic E-state index is 0.0355. The number of nitrogens with one attached hydrogen (secondary N) is 1. The van der Waals surface area contributed by atoms with Crippen LogP contribution >= 0.6 is 0 Å². The lowest BCUT2D eigenvalue weighted by molar-refractivity contribution is -0.130. The molecule has 0 aromatic heterocycles. The minimum Gasteiger partial charge on any atom is -0.364 e. The Hall–Kier alpha value is -1.46. The summed E-state index contributed by atoms with van der Waals surface area (Å²) in [5, 5.41) is 2.85. The van der Waals surface area contributed by atoms with E-state index in [4.69, 9.17) is 4.74 Å². The molecule has 0 spiro atoms. The summed E-state index contributed by atoms with van der Waals surface area (Å²) in [5.74, 6) is -0.163. The second-order valence-corrected chi connectivity index (χ2v) is 6.36. The molecular formula is C17H23FN2O2. The summed E-state index contributed by atoms with van der Waals surface area (Å²) in [7, 11) is 3.68. The standard InChI is InChI=1S/C17H23FN2O2/c1-20-13-7-8-15(20)16(17(21)19-10-22-2)14(9-13)11-3-5-12(18)6-4-11/h3-6,13-16H,7-10H2,1-2H3,(H,19,21)/t13-,14+,15+,16-/m0/s1. The van der Waals surface area contributed by atoms with Gasteiger partial charge in [-0.1, -0.05) is 12.1 Å². The number of halogens is 1. The fraction of sp³-hybridized carbons (Fsp3) is 0.588. The van der Waals surface area contributed by atoms with Gasteiger partial charge < -0.3 is 10.1 Å². The van der Waals surface area contributed by atoms with Crippen LogP contribution in [0.2, 0.25) is 0 Å². The van der Waals surface area contributed by atoms with Crippen molar-refractivity contribution in [3.8, 4) is 0 Å². The number of carbonyl (C=O) groups is 1. The van der Waals surface area contributed by atoms with E-state index in [1.807, 2.05) is 12.1 Å². The van der Waals surface area contributed by atoms with Gasteiger partial charge in [-0.15, -0.1) is 0 Å². The molecule has 4 nitrogen and oxygen atoms in total. The number of nitrogens with zero attached hydrogens (tertiary/aromatic N) is 1. The highest BCUT2D eigenvalue weighted by Crippen LogP contribution is 2.46. The molecule has 0 radical (unpaired) electrons. The molecule has 2 aliphatic heterocycles. The van der Waals surface area contributed by atoms with Crippen molar-refractivity contribution in [1.29, 1.82) is 0 Å². The van der Waals surface area contributed by atoms with Crippen molar-refractivity contribution in [3.63, 3.8) is 0 Å². The van der Waals surface area contributed by atoms with Gasteiger partial charge in [0.25, 0.3) is 0 Å². The third-order valence-electron chi connectivity index (χ3n) is 5.26. The molecule has 2 fully saturated rings. The van der Waals surface area contributed by atoms with Gasteiger partial charge in [0.05, 0.1) is 5.92 Å². The Kier molecular flexibility index (Phi) is 4.45. The van der Waals surface area contributed by atoms with E-state index in [9.17, 15) is 9.18 Å². The predicted molar refractivity (Wildman–Crippen MR) is 81.8 cm³/mol. The molecule has 2 heterocycles. The van der Waals surface area contributed by atoms with Gasteiger partial charge in [0.1, 0.15) is 12.5 Å². The smallest absolute Gasteiger partial charge is 0.227 e. The molecule has 1 N–H and O–H groups in total. The zero-order valence-corrected chi connectivity index (χ0v) is 13.1. The van der Waals surface area contributed by atoms with E-state index in [1.165, 1.54) is 12.1 Å². The molecule has 2 saturated heterocycles. The Morgan fingerprint density at radius 2 is 2.09 bits per heavy atom. The lowest BCUT2D eigenvalue weighted by atomic mass is 9.75. The molecule has 1 aromatic rings. The molecule has 5 heteroatoms. The maximum Gasteiger partial charge on any atom is 0.227 e. The number of piperidine rings is 1. The molecule has 3 rings (SSSR count). The number of hydrogen-bond acceptors (Lipinski definition) is 3. The van der Waals surface area contributed by atoms with Gasteiger partial charge in [0.15, 0.2) is 0 Å². The van der Waals surface area contributed by atoms with E-state index in [-0.39, 0.29) is 36.3 Å². The van der Waals surface area contributed by atoms with E-state index >= 15 is 0 Å². The molecule has 0 aliphatic carbocycles. The van der Waals surface area contributed by atoms with E-state index in [0.717, 1.165) is 24.8 Å². The van der Waals surface area contributed by atoms with E-state index < -0.39 is 0 Å². The molecule has 0 saturated carbocycles. The van der Waals surface area contributed by atoms with Gasteiger partial charge in [0.2, 0.25) is 5.91 Å². The fourth-order valence-corrected chi connectivity index (χ4v) is 4.14. The summed E-state index contributed by atoms with van der Waals surface area (Å²) in [4.78, 5) is 15.0. The van der Waals surface area contributed by atoms with Crippen molar-refractivity contribution in [2.24, 2.45) is 5.92 Å². The SMILES string of the molecule is COCNC(=O)[C@H]1[C@@H](c2ccc(F)cc2)C[C@@H]2CC[C@H]1N2C. The van der Waals surface area contributed by atoms with Crippen LogP contribution in [0.3, 0.4) is 0 Å². The predicted octanol–water partition coefficient (Wildman–Crippen LogP) is 2.11. The first-order valence-electron chi connectivity index (χ1n) is 7.86. The number of carbonyl (C=O) groups excluding carboxylic acids is 1. The van der Waals surface area contributed by atoms with Gasteiger partial charge in [-0.05, 0) is 49.9 Å². The highest BCUT2D eigenvalue weighted by atomic mass is 19.1. The van der Waals surface area contributed by atoms with Crippen LogP contribution in [0.25, 0.3) is 0 Å². The summed E-state index contributed by atoms with van der Waals surface area (Å²) in [6, 6.07) is 7.39.